The summed E-state index contributed by atoms with van der Waals surface area (Å²) in [5, 5.41) is 2.96. The average molecular weight is 336 g/mol. The molecule has 1 aromatic carbocycles. The third kappa shape index (κ3) is 4.31. The van der Waals surface area contributed by atoms with Gasteiger partial charge in [-0.1, -0.05) is 19.9 Å². The molecule has 0 saturated carbocycles. The van der Waals surface area contributed by atoms with Crippen molar-refractivity contribution in [3.63, 3.8) is 0 Å². The smallest absolute Gasteiger partial charge is 0.409 e. The van der Waals surface area contributed by atoms with E-state index in [9.17, 15) is 9.59 Å². The van der Waals surface area contributed by atoms with Crippen LogP contribution >= 0.6 is 0 Å². The number of hydrogen-bond donors (Lipinski definition) is 1. The summed E-state index contributed by atoms with van der Waals surface area (Å²) in [4.78, 5) is 24.8. The number of benzene rings is 1. The molecular formula is C17H24N2O5. The van der Waals surface area contributed by atoms with Crippen LogP contribution in [0.1, 0.15) is 25.5 Å². The maximum Gasteiger partial charge on any atom is 0.409 e. The molecule has 1 N–H and O–H groups in total. The number of carbonyl (C=O) groups excluding carboxylic acids is 2. The van der Waals surface area contributed by atoms with Crippen LogP contribution in [0, 0.1) is 5.92 Å². The third-order valence-corrected chi connectivity index (χ3v) is 3.78. The van der Waals surface area contributed by atoms with Crippen LogP contribution in [0.2, 0.25) is 0 Å². The largest absolute Gasteiger partial charge is 0.486 e. The zero-order chi connectivity index (χ0) is 17.7. The summed E-state index contributed by atoms with van der Waals surface area (Å²) in [7, 11) is 2.79. The highest BCUT2D eigenvalue weighted by atomic mass is 16.6. The lowest BCUT2D eigenvalue weighted by atomic mass is 9.95. The van der Waals surface area contributed by atoms with E-state index in [4.69, 9.17) is 9.47 Å². The molecule has 0 saturated heterocycles. The zero-order valence-electron chi connectivity index (χ0n) is 14.5. The standard InChI is InChI=1S/C17H24N2O5/c1-11(2)16(18-15(20)10-19(3)17(21)22-4)12-5-6-13-14(9-12)24-8-7-23-13/h5-6,9,11,16H,7-8,10H2,1-4H3,(H,18,20)/t16-/m1/s1. The molecule has 2 rings (SSSR count). The van der Waals surface area contributed by atoms with E-state index in [0.29, 0.717) is 24.7 Å². The molecular weight excluding hydrogens is 312 g/mol. The number of methoxy groups -OCH3 is 1. The minimum atomic E-state index is -0.550. The summed E-state index contributed by atoms with van der Waals surface area (Å²) < 4.78 is 15.7. The molecule has 0 bridgehead atoms. The van der Waals surface area contributed by atoms with Gasteiger partial charge in [0, 0.05) is 7.05 Å². The summed E-state index contributed by atoms with van der Waals surface area (Å²) in [6.07, 6.45) is -0.550. The van der Waals surface area contributed by atoms with Crippen molar-refractivity contribution in [3.8, 4) is 11.5 Å². The lowest BCUT2D eigenvalue weighted by Crippen LogP contribution is -2.41. The van der Waals surface area contributed by atoms with Crippen molar-refractivity contribution < 1.29 is 23.8 Å². The fraction of sp³-hybridized carbons (Fsp3) is 0.529. The number of ether oxygens (including phenoxy) is 3. The van der Waals surface area contributed by atoms with Crippen LogP contribution in [0.25, 0.3) is 0 Å². The number of hydrogen-bond acceptors (Lipinski definition) is 5. The van der Waals surface area contributed by atoms with Gasteiger partial charge in [-0.25, -0.2) is 4.79 Å². The Kier molecular flexibility index (Phi) is 5.89. The van der Waals surface area contributed by atoms with Crippen LogP contribution < -0.4 is 14.8 Å². The SMILES string of the molecule is COC(=O)N(C)CC(=O)N[C@@H](c1ccc2c(c1)OCCO2)C(C)C. The third-order valence-electron chi connectivity index (χ3n) is 3.78. The van der Waals surface area contributed by atoms with Crippen molar-refractivity contribution in [3.05, 3.63) is 23.8 Å². The molecule has 7 nitrogen and oxygen atoms in total. The van der Waals surface area contributed by atoms with E-state index in [1.54, 1.807) is 0 Å². The predicted molar refractivity (Wildman–Crippen MR) is 88.2 cm³/mol. The van der Waals surface area contributed by atoms with E-state index in [2.05, 4.69) is 10.1 Å². The number of nitrogens with one attached hydrogen (secondary N) is 1. The maximum absolute atomic E-state index is 12.2. The van der Waals surface area contributed by atoms with Crippen LogP contribution in [-0.2, 0) is 9.53 Å². The number of likely N-dealkylation sites (N-methyl/N-ethyl adjacent to an activating group) is 1. The number of carbonyl (C=O) groups is 2. The van der Waals surface area contributed by atoms with Crippen molar-refractivity contribution in [2.75, 3.05) is 33.9 Å². The van der Waals surface area contributed by atoms with E-state index in [1.807, 2.05) is 32.0 Å². The Balaban J connectivity index is 2.09. The zero-order valence-corrected chi connectivity index (χ0v) is 14.5. The Hall–Kier alpha value is -2.44. The minimum Gasteiger partial charge on any atom is -0.486 e. The van der Waals surface area contributed by atoms with Crippen molar-refractivity contribution in [1.29, 1.82) is 0 Å². The van der Waals surface area contributed by atoms with Crippen molar-refractivity contribution in [2.24, 2.45) is 5.92 Å². The normalized spacial score (nSPS) is 14.0. The highest BCUT2D eigenvalue weighted by Crippen LogP contribution is 2.34. The number of fused-ring (bicyclic) bond motifs is 1. The molecule has 1 atom stereocenters. The lowest BCUT2D eigenvalue weighted by molar-refractivity contribution is -0.122. The first-order valence-corrected chi connectivity index (χ1v) is 7.90. The summed E-state index contributed by atoms with van der Waals surface area (Å²) in [5.41, 5.74) is 0.934. The lowest BCUT2D eigenvalue weighted by Gasteiger charge is -2.26. The summed E-state index contributed by atoms with van der Waals surface area (Å²) in [6, 6.07) is 5.47. The van der Waals surface area contributed by atoms with Crippen LogP contribution in [-0.4, -0.2) is 50.8 Å². The molecule has 1 aliphatic heterocycles. The molecule has 0 unspecified atom stereocenters. The Morgan fingerprint density at radius 1 is 1.25 bits per heavy atom. The predicted octanol–water partition coefficient (Wildman–Crippen LogP) is 1.97. The number of nitrogens with zero attached hydrogens (tertiary/aromatic N) is 1. The van der Waals surface area contributed by atoms with Crippen LogP contribution in [0.4, 0.5) is 4.79 Å². The molecule has 0 radical (unpaired) electrons. The van der Waals surface area contributed by atoms with Gasteiger partial charge in [0.25, 0.3) is 0 Å². The first kappa shape index (κ1) is 17.9. The number of rotatable bonds is 5. The second-order valence-corrected chi connectivity index (χ2v) is 6.02. The quantitative estimate of drug-likeness (QED) is 0.889. The molecule has 1 aromatic rings. The molecule has 2 amide bonds. The Bertz CT molecular complexity index is 603. The minimum absolute atomic E-state index is 0.0690. The molecule has 132 valence electrons. The van der Waals surface area contributed by atoms with Gasteiger partial charge in [0.2, 0.25) is 5.91 Å². The van der Waals surface area contributed by atoms with Gasteiger partial charge in [-0.2, -0.15) is 0 Å². The van der Waals surface area contributed by atoms with Crippen molar-refractivity contribution >= 4 is 12.0 Å². The fourth-order valence-electron chi connectivity index (χ4n) is 2.54. The van der Waals surface area contributed by atoms with Gasteiger partial charge in [-0.05, 0) is 23.6 Å². The molecule has 7 heteroatoms. The van der Waals surface area contributed by atoms with E-state index in [1.165, 1.54) is 19.1 Å². The Morgan fingerprint density at radius 2 is 1.92 bits per heavy atom. The average Bonchev–Trinajstić information content (AvgIpc) is 2.58. The topological polar surface area (TPSA) is 77.1 Å². The first-order valence-electron chi connectivity index (χ1n) is 7.90. The molecule has 0 fully saturated rings. The molecule has 1 aliphatic rings. The Morgan fingerprint density at radius 3 is 2.54 bits per heavy atom. The van der Waals surface area contributed by atoms with Gasteiger partial charge in [0.15, 0.2) is 11.5 Å². The summed E-state index contributed by atoms with van der Waals surface area (Å²) in [6.45, 7) is 5.02. The van der Waals surface area contributed by atoms with Gasteiger partial charge in [0.1, 0.15) is 19.8 Å². The second kappa shape index (κ2) is 7.90. The van der Waals surface area contributed by atoms with Crippen LogP contribution in [0.15, 0.2) is 18.2 Å². The molecule has 0 aliphatic carbocycles. The molecule has 0 aromatic heterocycles. The second-order valence-electron chi connectivity index (χ2n) is 6.02. The van der Waals surface area contributed by atoms with Crippen LogP contribution in [0.3, 0.4) is 0 Å². The molecule has 24 heavy (non-hydrogen) atoms. The van der Waals surface area contributed by atoms with Gasteiger partial charge in [-0.15, -0.1) is 0 Å². The fourth-order valence-corrected chi connectivity index (χ4v) is 2.54. The van der Waals surface area contributed by atoms with E-state index >= 15 is 0 Å². The van der Waals surface area contributed by atoms with Gasteiger partial charge in [0.05, 0.1) is 13.2 Å². The first-order chi connectivity index (χ1) is 11.4. The summed E-state index contributed by atoms with van der Waals surface area (Å²) >= 11 is 0. The molecule has 0 spiro atoms. The van der Waals surface area contributed by atoms with E-state index in [0.717, 1.165) is 5.56 Å². The maximum atomic E-state index is 12.2. The van der Waals surface area contributed by atoms with Gasteiger partial charge >= 0.3 is 6.09 Å². The van der Waals surface area contributed by atoms with Gasteiger partial charge in [-0.3, -0.25) is 4.79 Å². The number of amides is 2. The summed E-state index contributed by atoms with van der Waals surface area (Å²) in [5.74, 6) is 1.31. The van der Waals surface area contributed by atoms with E-state index in [-0.39, 0.29) is 24.4 Å². The van der Waals surface area contributed by atoms with Crippen molar-refractivity contribution in [1.82, 2.24) is 10.2 Å². The molecule has 1 heterocycles. The monoisotopic (exact) mass is 336 g/mol. The Labute approximate surface area is 141 Å². The van der Waals surface area contributed by atoms with Gasteiger partial charge < -0.3 is 24.4 Å². The highest BCUT2D eigenvalue weighted by Gasteiger charge is 2.22. The highest BCUT2D eigenvalue weighted by molar-refractivity contribution is 5.82. The van der Waals surface area contributed by atoms with Crippen molar-refractivity contribution in [2.45, 2.75) is 19.9 Å². The van der Waals surface area contributed by atoms with Crippen LogP contribution in [0.5, 0.6) is 11.5 Å². The van der Waals surface area contributed by atoms with E-state index < -0.39 is 6.09 Å².